The van der Waals surface area contributed by atoms with Crippen LogP contribution in [0.15, 0.2) is 30.5 Å². The summed E-state index contributed by atoms with van der Waals surface area (Å²) in [4.78, 5) is 5.07. The van der Waals surface area contributed by atoms with Crippen molar-refractivity contribution < 1.29 is 14.6 Å². The Labute approximate surface area is 116 Å². The molecule has 0 aliphatic carbocycles. The summed E-state index contributed by atoms with van der Waals surface area (Å²) >= 11 is 1.45. The molecule has 102 valence electrons. The molecule has 0 amide bonds. The number of ether oxygens (including phenoxy) is 2. The Hall–Kier alpha value is -1.59. The summed E-state index contributed by atoms with van der Waals surface area (Å²) < 4.78 is 10.9. The van der Waals surface area contributed by atoms with Gasteiger partial charge in [0.1, 0.15) is 11.6 Å². The Morgan fingerprint density at radius 3 is 2.53 bits per heavy atom. The smallest absolute Gasteiger partial charge is 0.161 e. The van der Waals surface area contributed by atoms with E-state index in [-0.39, 0.29) is 0 Å². The van der Waals surface area contributed by atoms with Crippen LogP contribution in [0.3, 0.4) is 0 Å². The summed E-state index contributed by atoms with van der Waals surface area (Å²) in [7, 11) is 1.61. The van der Waals surface area contributed by atoms with E-state index < -0.39 is 5.60 Å². The summed E-state index contributed by atoms with van der Waals surface area (Å²) in [6, 6.07) is 7.48. The molecule has 5 heteroatoms. The Morgan fingerprint density at radius 2 is 1.95 bits per heavy atom. The first kappa shape index (κ1) is 13.8. The molecule has 1 N–H and O–H groups in total. The Kier molecular flexibility index (Phi) is 4.07. The summed E-state index contributed by atoms with van der Waals surface area (Å²) in [6.45, 7) is 3.85. The number of methoxy groups -OCH3 is 1. The lowest BCUT2D eigenvalue weighted by Gasteiger charge is -2.13. The first-order valence-electron chi connectivity index (χ1n) is 5.94. The molecule has 0 aliphatic rings. The summed E-state index contributed by atoms with van der Waals surface area (Å²) in [5.41, 5.74) is -0.861. The van der Waals surface area contributed by atoms with E-state index in [2.05, 4.69) is 4.98 Å². The highest BCUT2D eigenvalue weighted by Gasteiger charge is 2.19. The van der Waals surface area contributed by atoms with E-state index in [0.717, 1.165) is 9.88 Å². The monoisotopic (exact) mass is 279 g/mol. The van der Waals surface area contributed by atoms with E-state index in [1.165, 1.54) is 11.3 Å². The summed E-state index contributed by atoms with van der Waals surface area (Å²) in [5, 5.41) is 10.7. The highest BCUT2D eigenvalue weighted by atomic mass is 32.1. The van der Waals surface area contributed by atoms with Crippen LogP contribution in [-0.2, 0) is 12.2 Å². The van der Waals surface area contributed by atoms with Crippen LogP contribution in [-0.4, -0.2) is 17.2 Å². The Morgan fingerprint density at radius 1 is 1.26 bits per heavy atom. The van der Waals surface area contributed by atoms with Crippen LogP contribution in [0.4, 0.5) is 0 Å². The van der Waals surface area contributed by atoms with Crippen LogP contribution in [0.5, 0.6) is 11.5 Å². The Bertz CT molecular complexity index is 546. The number of thiazole rings is 1. The van der Waals surface area contributed by atoms with Gasteiger partial charge in [-0.15, -0.1) is 11.3 Å². The molecule has 0 saturated carbocycles. The van der Waals surface area contributed by atoms with Crippen molar-refractivity contribution >= 4 is 11.3 Å². The third kappa shape index (κ3) is 3.45. The molecule has 1 aromatic heterocycles. The lowest BCUT2D eigenvalue weighted by molar-refractivity contribution is 0.0823. The van der Waals surface area contributed by atoms with Crippen molar-refractivity contribution in [3.05, 3.63) is 40.3 Å². The molecule has 19 heavy (non-hydrogen) atoms. The van der Waals surface area contributed by atoms with Gasteiger partial charge in [-0.05, 0) is 26.0 Å². The van der Waals surface area contributed by atoms with Gasteiger partial charge in [-0.25, -0.2) is 4.98 Å². The van der Waals surface area contributed by atoms with Gasteiger partial charge in [0.25, 0.3) is 0 Å². The zero-order valence-corrected chi connectivity index (χ0v) is 12.0. The van der Waals surface area contributed by atoms with Crippen molar-refractivity contribution in [3.63, 3.8) is 0 Å². The molecule has 0 aliphatic heterocycles. The normalized spacial score (nSPS) is 11.4. The van der Waals surface area contributed by atoms with E-state index in [1.807, 2.05) is 24.3 Å². The van der Waals surface area contributed by atoms with Crippen molar-refractivity contribution in [1.82, 2.24) is 4.98 Å². The van der Waals surface area contributed by atoms with Gasteiger partial charge in [0, 0.05) is 6.20 Å². The van der Waals surface area contributed by atoms with E-state index in [1.54, 1.807) is 27.2 Å². The molecule has 0 atom stereocenters. The van der Waals surface area contributed by atoms with Crippen molar-refractivity contribution in [1.29, 1.82) is 0 Å². The second-order valence-corrected chi connectivity index (χ2v) is 5.73. The molecule has 0 radical (unpaired) electrons. The predicted molar refractivity (Wildman–Crippen MR) is 74.7 cm³/mol. The standard InChI is InChI=1S/C14H17NO3S/c1-14(2,16)12-8-15-13(19-12)9-18-11-7-5-4-6-10(11)17-3/h4-8,16H,9H2,1-3H3. The number of rotatable bonds is 5. The number of hydrogen-bond donors (Lipinski definition) is 1. The van der Waals surface area contributed by atoms with E-state index in [0.29, 0.717) is 18.1 Å². The Balaban J connectivity index is 2.05. The molecule has 0 unspecified atom stereocenters. The van der Waals surface area contributed by atoms with Gasteiger partial charge in [0.2, 0.25) is 0 Å². The molecule has 1 heterocycles. The third-order valence-electron chi connectivity index (χ3n) is 2.58. The van der Waals surface area contributed by atoms with Crippen LogP contribution >= 0.6 is 11.3 Å². The first-order valence-corrected chi connectivity index (χ1v) is 6.75. The third-order valence-corrected chi connectivity index (χ3v) is 3.86. The van der Waals surface area contributed by atoms with Crippen LogP contribution < -0.4 is 9.47 Å². The molecule has 1 aromatic carbocycles. The number of aliphatic hydroxyl groups is 1. The van der Waals surface area contributed by atoms with Gasteiger partial charge in [-0.1, -0.05) is 12.1 Å². The lowest BCUT2D eigenvalue weighted by Crippen LogP contribution is -2.12. The zero-order chi connectivity index (χ0) is 13.9. The second kappa shape index (κ2) is 5.59. The minimum Gasteiger partial charge on any atom is -0.493 e. The van der Waals surface area contributed by atoms with E-state index >= 15 is 0 Å². The minimum absolute atomic E-state index is 0.362. The molecule has 4 nitrogen and oxygen atoms in total. The van der Waals surface area contributed by atoms with Crippen LogP contribution in [0.25, 0.3) is 0 Å². The van der Waals surface area contributed by atoms with Crippen LogP contribution in [0.2, 0.25) is 0 Å². The molecule has 0 saturated heterocycles. The van der Waals surface area contributed by atoms with E-state index in [4.69, 9.17) is 9.47 Å². The van der Waals surface area contributed by atoms with Crippen LogP contribution in [0, 0.1) is 0 Å². The van der Waals surface area contributed by atoms with Crippen molar-refractivity contribution in [2.24, 2.45) is 0 Å². The molecular formula is C14H17NO3S. The van der Waals surface area contributed by atoms with E-state index in [9.17, 15) is 5.11 Å². The fraction of sp³-hybridized carbons (Fsp3) is 0.357. The predicted octanol–water partition coefficient (Wildman–Crippen LogP) is 2.96. The van der Waals surface area contributed by atoms with Gasteiger partial charge in [0.05, 0.1) is 17.6 Å². The second-order valence-electron chi connectivity index (χ2n) is 4.62. The molecular weight excluding hydrogens is 262 g/mol. The highest BCUT2D eigenvalue weighted by Crippen LogP contribution is 2.29. The zero-order valence-electron chi connectivity index (χ0n) is 11.2. The number of aromatic nitrogens is 1. The molecule has 0 bridgehead atoms. The SMILES string of the molecule is COc1ccccc1OCc1ncc(C(C)(C)O)s1. The lowest BCUT2D eigenvalue weighted by atomic mass is 10.1. The fourth-order valence-electron chi connectivity index (χ4n) is 1.54. The van der Waals surface area contributed by atoms with Crippen molar-refractivity contribution in [3.8, 4) is 11.5 Å². The average Bonchev–Trinajstić information content (AvgIpc) is 2.85. The van der Waals surface area contributed by atoms with Crippen LogP contribution in [0.1, 0.15) is 23.7 Å². The molecule has 2 rings (SSSR count). The maximum atomic E-state index is 9.88. The maximum Gasteiger partial charge on any atom is 0.161 e. The maximum absolute atomic E-state index is 9.88. The number of benzene rings is 1. The molecule has 0 spiro atoms. The van der Waals surface area contributed by atoms with Gasteiger partial charge >= 0.3 is 0 Å². The first-order chi connectivity index (χ1) is 9.00. The average molecular weight is 279 g/mol. The number of nitrogens with zero attached hydrogens (tertiary/aromatic N) is 1. The largest absolute Gasteiger partial charge is 0.493 e. The fourth-order valence-corrected chi connectivity index (χ4v) is 2.37. The van der Waals surface area contributed by atoms with Crippen molar-refractivity contribution in [2.75, 3.05) is 7.11 Å². The summed E-state index contributed by atoms with van der Waals surface area (Å²) in [6.07, 6.45) is 1.69. The van der Waals surface area contributed by atoms with Gasteiger partial charge < -0.3 is 14.6 Å². The highest BCUT2D eigenvalue weighted by molar-refractivity contribution is 7.11. The molecule has 0 fully saturated rings. The minimum atomic E-state index is -0.861. The van der Waals surface area contributed by atoms with Gasteiger partial charge in [-0.2, -0.15) is 0 Å². The molecule has 2 aromatic rings. The number of para-hydroxylation sites is 2. The number of hydrogen-bond acceptors (Lipinski definition) is 5. The quantitative estimate of drug-likeness (QED) is 0.914. The van der Waals surface area contributed by atoms with Gasteiger partial charge in [0.15, 0.2) is 11.5 Å². The van der Waals surface area contributed by atoms with Crippen molar-refractivity contribution in [2.45, 2.75) is 26.1 Å². The topological polar surface area (TPSA) is 51.6 Å². The summed E-state index contributed by atoms with van der Waals surface area (Å²) in [5.74, 6) is 1.38. The van der Waals surface area contributed by atoms with Gasteiger partial charge in [-0.3, -0.25) is 0 Å².